The monoisotopic (exact) mass is 347 g/mol. The number of unbranched alkanes of at least 4 members (excludes halogenated alkanes) is 7. The van der Waals surface area contributed by atoms with Crippen molar-refractivity contribution in [3.63, 3.8) is 0 Å². The Balaban J connectivity index is 1.57. The Labute approximate surface area is 154 Å². The van der Waals surface area contributed by atoms with Gasteiger partial charge in [0, 0.05) is 0 Å². The normalized spacial score (nSPS) is 23.2. The molecule has 3 nitrogen and oxygen atoms in total. The largest absolute Gasteiger partial charge is 0.389 e. The average Bonchev–Trinajstić information content (AvgIpc) is 2.95. The Bertz CT molecular complexity index is 460. The van der Waals surface area contributed by atoms with Crippen molar-refractivity contribution >= 4 is 0 Å². The fourth-order valence-corrected chi connectivity index (χ4v) is 3.61. The highest BCUT2D eigenvalue weighted by Gasteiger charge is 2.32. The standard InChI is InChI=1S/C22H37NO2/c1-2-3-4-5-6-7-8-9-10-18-11-13-19(14-12-18)15-16-21-22(24)20(23)17-25-21/h11-14,20-22,24H,2-10,15-17,23H2,1H3/t20-,21+,22+/m1/s1. The third-order valence-corrected chi connectivity index (χ3v) is 5.38. The Morgan fingerprint density at radius 2 is 1.48 bits per heavy atom. The minimum Gasteiger partial charge on any atom is -0.389 e. The maximum atomic E-state index is 9.93. The Morgan fingerprint density at radius 3 is 2.04 bits per heavy atom. The summed E-state index contributed by atoms with van der Waals surface area (Å²) in [5.41, 5.74) is 8.54. The van der Waals surface area contributed by atoms with E-state index >= 15 is 0 Å². The van der Waals surface area contributed by atoms with E-state index in [4.69, 9.17) is 10.5 Å². The zero-order chi connectivity index (χ0) is 17.9. The van der Waals surface area contributed by atoms with Gasteiger partial charge in [-0.3, -0.25) is 0 Å². The van der Waals surface area contributed by atoms with Gasteiger partial charge in [-0.25, -0.2) is 0 Å². The third kappa shape index (κ3) is 7.47. The van der Waals surface area contributed by atoms with Gasteiger partial charge in [0.25, 0.3) is 0 Å². The molecule has 0 aliphatic carbocycles. The van der Waals surface area contributed by atoms with Crippen molar-refractivity contribution in [2.24, 2.45) is 5.73 Å². The van der Waals surface area contributed by atoms with Crippen LogP contribution < -0.4 is 5.73 Å². The molecule has 1 saturated heterocycles. The van der Waals surface area contributed by atoms with Crippen LogP contribution in [0.25, 0.3) is 0 Å². The van der Waals surface area contributed by atoms with Crippen LogP contribution in [-0.2, 0) is 17.6 Å². The van der Waals surface area contributed by atoms with Crippen LogP contribution in [0.4, 0.5) is 0 Å². The molecule has 2 rings (SSSR count). The smallest absolute Gasteiger partial charge is 0.0974 e. The van der Waals surface area contributed by atoms with E-state index in [1.54, 1.807) is 0 Å². The molecule has 1 aliphatic rings. The number of benzene rings is 1. The molecule has 142 valence electrons. The second kappa shape index (κ2) is 11.7. The van der Waals surface area contributed by atoms with Crippen LogP contribution in [0.5, 0.6) is 0 Å². The molecular weight excluding hydrogens is 310 g/mol. The summed E-state index contributed by atoms with van der Waals surface area (Å²) in [5.74, 6) is 0. The lowest BCUT2D eigenvalue weighted by molar-refractivity contribution is 0.0362. The Hall–Kier alpha value is -0.900. The number of aryl methyl sites for hydroxylation is 2. The molecule has 0 spiro atoms. The molecule has 3 N–H and O–H groups in total. The van der Waals surface area contributed by atoms with Crippen LogP contribution in [0.1, 0.15) is 75.8 Å². The molecule has 0 amide bonds. The van der Waals surface area contributed by atoms with Gasteiger partial charge in [0.1, 0.15) is 0 Å². The van der Waals surface area contributed by atoms with Crippen molar-refractivity contribution in [2.45, 2.75) is 95.8 Å². The lowest BCUT2D eigenvalue weighted by Gasteiger charge is -2.15. The predicted molar refractivity (Wildman–Crippen MR) is 105 cm³/mol. The summed E-state index contributed by atoms with van der Waals surface area (Å²) >= 11 is 0. The van der Waals surface area contributed by atoms with Crippen molar-refractivity contribution < 1.29 is 9.84 Å². The number of rotatable bonds is 12. The molecule has 0 aromatic heterocycles. The van der Waals surface area contributed by atoms with Crippen molar-refractivity contribution in [1.29, 1.82) is 0 Å². The van der Waals surface area contributed by atoms with E-state index in [2.05, 4.69) is 31.2 Å². The minimum absolute atomic E-state index is 0.105. The minimum atomic E-state index is -0.513. The summed E-state index contributed by atoms with van der Waals surface area (Å²) in [6.07, 6.45) is 13.3. The maximum absolute atomic E-state index is 9.93. The van der Waals surface area contributed by atoms with Crippen LogP contribution in [0, 0.1) is 0 Å². The number of ether oxygens (including phenoxy) is 1. The number of aliphatic hydroxyl groups excluding tert-OH is 1. The van der Waals surface area contributed by atoms with Crippen molar-refractivity contribution in [3.05, 3.63) is 35.4 Å². The van der Waals surface area contributed by atoms with Crippen LogP contribution in [0.2, 0.25) is 0 Å². The van der Waals surface area contributed by atoms with Crippen LogP contribution in [-0.4, -0.2) is 30.0 Å². The summed E-state index contributed by atoms with van der Waals surface area (Å²) in [7, 11) is 0. The summed E-state index contributed by atoms with van der Waals surface area (Å²) in [5, 5.41) is 9.93. The van der Waals surface area contributed by atoms with Crippen molar-refractivity contribution in [2.75, 3.05) is 6.61 Å². The van der Waals surface area contributed by atoms with Gasteiger partial charge >= 0.3 is 0 Å². The van der Waals surface area contributed by atoms with E-state index in [9.17, 15) is 5.11 Å². The highest BCUT2D eigenvalue weighted by atomic mass is 16.5. The lowest BCUT2D eigenvalue weighted by Crippen LogP contribution is -2.36. The molecule has 0 saturated carbocycles. The Morgan fingerprint density at radius 1 is 0.920 bits per heavy atom. The molecule has 0 bridgehead atoms. The summed E-state index contributed by atoms with van der Waals surface area (Å²) in [6.45, 7) is 2.75. The van der Waals surface area contributed by atoms with Gasteiger partial charge < -0.3 is 15.6 Å². The Kier molecular flexibility index (Phi) is 9.52. The quantitative estimate of drug-likeness (QED) is 0.551. The number of aliphatic hydroxyl groups is 1. The molecule has 1 fully saturated rings. The van der Waals surface area contributed by atoms with E-state index in [-0.39, 0.29) is 12.1 Å². The average molecular weight is 348 g/mol. The van der Waals surface area contributed by atoms with Gasteiger partial charge in [0.05, 0.1) is 24.9 Å². The van der Waals surface area contributed by atoms with Crippen LogP contribution in [0.15, 0.2) is 24.3 Å². The SMILES string of the molecule is CCCCCCCCCCc1ccc(CC[C@@H]2OC[C@@H](N)[C@@H]2O)cc1. The fraction of sp³-hybridized carbons (Fsp3) is 0.727. The van der Waals surface area contributed by atoms with Gasteiger partial charge in [-0.2, -0.15) is 0 Å². The molecule has 25 heavy (non-hydrogen) atoms. The topological polar surface area (TPSA) is 55.5 Å². The predicted octanol–water partition coefficient (Wildman–Crippen LogP) is 4.39. The van der Waals surface area contributed by atoms with E-state index in [0.717, 1.165) is 12.8 Å². The molecule has 0 radical (unpaired) electrons. The zero-order valence-corrected chi connectivity index (χ0v) is 16.0. The van der Waals surface area contributed by atoms with Gasteiger partial charge in [-0.1, -0.05) is 76.1 Å². The van der Waals surface area contributed by atoms with E-state index in [0.29, 0.717) is 6.61 Å². The maximum Gasteiger partial charge on any atom is 0.0974 e. The van der Waals surface area contributed by atoms with E-state index in [1.165, 1.54) is 68.9 Å². The van der Waals surface area contributed by atoms with E-state index < -0.39 is 6.10 Å². The first-order chi connectivity index (χ1) is 12.2. The van der Waals surface area contributed by atoms with E-state index in [1.807, 2.05) is 0 Å². The summed E-state index contributed by atoms with van der Waals surface area (Å²) < 4.78 is 5.55. The fourth-order valence-electron chi connectivity index (χ4n) is 3.61. The summed E-state index contributed by atoms with van der Waals surface area (Å²) in [4.78, 5) is 0. The second-order valence-corrected chi connectivity index (χ2v) is 7.61. The third-order valence-electron chi connectivity index (χ3n) is 5.38. The molecule has 1 heterocycles. The second-order valence-electron chi connectivity index (χ2n) is 7.61. The van der Waals surface area contributed by atoms with Gasteiger partial charge in [-0.05, 0) is 36.8 Å². The summed E-state index contributed by atoms with van der Waals surface area (Å²) in [6, 6.07) is 8.74. The number of nitrogens with two attached hydrogens (primary N) is 1. The van der Waals surface area contributed by atoms with Gasteiger partial charge in [-0.15, -0.1) is 0 Å². The molecule has 0 unspecified atom stereocenters. The molecule has 3 atom stereocenters. The van der Waals surface area contributed by atoms with Gasteiger partial charge in [0.15, 0.2) is 0 Å². The highest BCUT2D eigenvalue weighted by Crippen LogP contribution is 2.19. The van der Waals surface area contributed by atoms with Crippen molar-refractivity contribution in [1.82, 2.24) is 0 Å². The van der Waals surface area contributed by atoms with Crippen LogP contribution >= 0.6 is 0 Å². The first kappa shape index (κ1) is 20.4. The molecule has 1 aliphatic heterocycles. The van der Waals surface area contributed by atoms with Gasteiger partial charge in [0.2, 0.25) is 0 Å². The first-order valence-electron chi connectivity index (χ1n) is 10.3. The molecule has 3 heteroatoms. The van der Waals surface area contributed by atoms with Crippen molar-refractivity contribution in [3.8, 4) is 0 Å². The number of hydrogen-bond acceptors (Lipinski definition) is 3. The first-order valence-corrected chi connectivity index (χ1v) is 10.3. The number of hydrogen-bond donors (Lipinski definition) is 2. The zero-order valence-electron chi connectivity index (χ0n) is 16.0. The van der Waals surface area contributed by atoms with Crippen LogP contribution in [0.3, 0.4) is 0 Å². The highest BCUT2D eigenvalue weighted by molar-refractivity contribution is 5.22. The molecule has 1 aromatic carbocycles. The molecule has 1 aromatic rings. The molecular formula is C22H37NO2. The lowest BCUT2D eigenvalue weighted by atomic mass is 9.99.